The molecule has 0 amide bonds. The Morgan fingerprint density at radius 3 is 2.90 bits per heavy atom. The molecule has 5 heteroatoms. The monoisotopic (exact) mass is 277 g/mol. The van der Waals surface area contributed by atoms with E-state index in [1.54, 1.807) is 12.1 Å². The number of hydrogen-bond acceptors (Lipinski definition) is 3. The smallest absolute Gasteiger partial charge is 0.144 e. The van der Waals surface area contributed by atoms with Crippen molar-refractivity contribution in [1.82, 2.24) is 4.98 Å². The Bertz CT molecular complexity index is 617. The summed E-state index contributed by atoms with van der Waals surface area (Å²) in [5.74, 6) is -1.05. The number of pyridine rings is 1. The first kappa shape index (κ1) is 14.1. The van der Waals surface area contributed by atoms with Crippen molar-refractivity contribution in [2.45, 2.75) is 6.10 Å². The van der Waals surface area contributed by atoms with E-state index >= 15 is 0 Å². The fraction of sp³-hybridized carbons (Fsp3) is 0.133. The Balaban J connectivity index is 2.39. The number of nitrogens with zero attached hydrogens (tertiary/aromatic N) is 1. The van der Waals surface area contributed by atoms with E-state index in [9.17, 15) is 13.9 Å². The number of aromatic nitrogens is 1. The van der Waals surface area contributed by atoms with Crippen molar-refractivity contribution in [2.75, 3.05) is 6.61 Å². The van der Waals surface area contributed by atoms with Gasteiger partial charge in [0.1, 0.15) is 35.8 Å². The summed E-state index contributed by atoms with van der Waals surface area (Å²) in [6.45, 7) is 3.74. The van der Waals surface area contributed by atoms with E-state index in [1.165, 1.54) is 12.3 Å². The van der Waals surface area contributed by atoms with Crippen LogP contribution >= 0.6 is 0 Å². The summed E-state index contributed by atoms with van der Waals surface area (Å²) < 4.78 is 32.2. The van der Waals surface area contributed by atoms with Gasteiger partial charge in [0.15, 0.2) is 0 Å². The highest BCUT2D eigenvalue weighted by Gasteiger charge is 2.20. The summed E-state index contributed by atoms with van der Waals surface area (Å²) in [6.07, 6.45) is 1.56. The van der Waals surface area contributed by atoms with Crippen molar-refractivity contribution in [3.05, 3.63) is 72.1 Å². The standard InChI is InChI=1S/C15H13F2NO2/c1-2-8-20-13-4-3-7-18-14(13)15(19)11-9-10(16)5-6-12(11)17/h2-7,9,15,19H,1,8H2. The van der Waals surface area contributed by atoms with E-state index in [0.29, 0.717) is 5.75 Å². The van der Waals surface area contributed by atoms with E-state index in [0.717, 1.165) is 18.2 Å². The lowest BCUT2D eigenvalue weighted by atomic mass is 10.0. The third-order valence-corrected chi connectivity index (χ3v) is 2.67. The number of ether oxygens (including phenoxy) is 1. The highest BCUT2D eigenvalue weighted by atomic mass is 19.1. The third kappa shape index (κ3) is 3.00. The highest BCUT2D eigenvalue weighted by molar-refractivity contribution is 5.36. The average Bonchev–Trinajstić information content (AvgIpc) is 2.47. The first-order chi connectivity index (χ1) is 9.63. The van der Waals surface area contributed by atoms with E-state index in [4.69, 9.17) is 4.74 Å². The second kappa shape index (κ2) is 6.25. The molecule has 0 aliphatic rings. The van der Waals surface area contributed by atoms with Crippen LogP contribution in [0.5, 0.6) is 5.75 Å². The maximum atomic E-state index is 13.7. The number of benzene rings is 1. The zero-order valence-electron chi connectivity index (χ0n) is 10.6. The lowest BCUT2D eigenvalue weighted by Crippen LogP contribution is -2.08. The van der Waals surface area contributed by atoms with Crippen molar-refractivity contribution in [3.8, 4) is 5.75 Å². The Labute approximate surface area is 115 Å². The molecule has 3 nitrogen and oxygen atoms in total. The van der Waals surface area contributed by atoms with Crippen molar-refractivity contribution in [2.24, 2.45) is 0 Å². The number of halogens is 2. The first-order valence-electron chi connectivity index (χ1n) is 5.95. The predicted molar refractivity (Wildman–Crippen MR) is 70.3 cm³/mol. The van der Waals surface area contributed by atoms with Gasteiger partial charge in [-0.1, -0.05) is 12.7 Å². The molecule has 2 aromatic rings. The molecule has 0 aliphatic carbocycles. The predicted octanol–water partition coefficient (Wildman–Crippen LogP) is 3.01. The zero-order valence-corrected chi connectivity index (χ0v) is 10.6. The number of aliphatic hydroxyl groups is 1. The zero-order chi connectivity index (χ0) is 14.5. The van der Waals surface area contributed by atoms with E-state index in [1.807, 2.05) is 0 Å². The molecule has 1 aromatic carbocycles. The second-order valence-electron chi connectivity index (χ2n) is 4.05. The number of aliphatic hydroxyl groups excluding tert-OH is 1. The average molecular weight is 277 g/mol. The molecular weight excluding hydrogens is 264 g/mol. The Morgan fingerprint density at radius 1 is 1.35 bits per heavy atom. The molecule has 1 unspecified atom stereocenters. The molecule has 0 aliphatic heterocycles. The molecule has 0 fully saturated rings. The van der Waals surface area contributed by atoms with Crippen LogP contribution < -0.4 is 4.74 Å². The fourth-order valence-corrected chi connectivity index (χ4v) is 1.75. The number of hydrogen-bond donors (Lipinski definition) is 1. The fourth-order valence-electron chi connectivity index (χ4n) is 1.75. The van der Waals surface area contributed by atoms with E-state index in [2.05, 4.69) is 11.6 Å². The van der Waals surface area contributed by atoms with E-state index < -0.39 is 17.7 Å². The van der Waals surface area contributed by atoms with Crippen molar-refractivity contribution in [1.29, 1.82) is 0 Å². The Hall–Kier alpha value is -2.27. The van der Waals surface area contributed by atoms with Crippen LogP contribution in [0.1, 0.15) is 17.4 Å². The van der Waals surface area contributed by atoms with Gasteiger partial charge in [-0.2, -0.15) is 0 Å². The van der Waals surface area contributed by atoms with Crippen LogP contribution in [-0.4, -0.2) is 16.7 Å². The van der Waals surface area contributed by atoms with Crippen molar-refractivity contribution < 1.29 is 18.6 Å². The molecule has 104 valence electrons. The van der Waals surface area contributed by atoms with Crippen molar-refractivity contribution >= 4 is 0 Å². The van der Waals surface area contributed by atoms with Crippen LogP contribution in [0.25, 0.3) is 0 Å². The maximum Gasteiger partial charge on any atom is 0.144 e. The summed E-state index contributed by atoms with van der Waals surface area (Å²) in [7, 11) is 0. The van der Waals surface area contributed by atoms with Crippen LogP contribution in [0.3, 0.4) is 0 Å². The van der Waals surface area contributed by atoms with Gasteiger partial charge in [0.2, 0.25) is 0 Å². The molecule has 20 heavy (non-hydrogen) atoms. The largest absolute Gasteiger partial charge is 0.488 e. The van der Waals surface area contributed by atoms with Gasteiger partial charge >= 0.3 is 0 Å². The molecule has 0 saturated carbocycles. The van der Waals surface area contributed by atoms with Crippen LogP contribution in [0.4, 0.5) is 8.78 Å². The maximum absolute atomic E-state index is 13.7. The highest BCUT2D eigenvalue weighted by Crippen LogP contribution is 2.29. The van der Waals surface area contributed by atoms with Gasteiger partial charge in [0.25, 0.3) is 0 Å². The number of rotatable bonds is 5. The quantitative estimate of drug-likeness (QED) is 0.854. The SMILES string of the molecule is C=CCOc1cccnc1C(O)c1cc(F)ccc1F. The normalized spacial score (nSPS) is 11.9. The minimum absolute atomic E-state index is 0.124. The summed E-state index contributed by atoms with van der Waals surface area (Å²) >= 11 is 0. The molecule has 0 saturated heterocycles. The van der Waals surface area contributed by atoms with Gasteiger partial charge < -0.3 is 9.84 Å². The molecule has 1 N–H and O–H groups in total. The van der Waals surface area contributed by atoms with Gasteiger partial charge in [-0.25, -0.2) is 8.78 Å². The molecule has 1 atom stereocenters. The third-order valence-electron chi connectivity index (χ3n) is 2.67. The van der Waals surface area contributed by atoms with Crippen molar-refractivity contribution in [3.63, 3.8) is 0 Å². The molecule has 0 bridgehead atoms. The molecule has 0 spiro atoms. The molecule has 0 radical (unpaired) electrons. The molecule has 1 heterocycles. The van der Waals surface area contributed by atoms with Crippen LogP contribution in [0.15, 0.2) is 49.2 Å². The molecular formula is C15H13F2NO2. The molecule has 1 aromatic heterocycles. The molecule has 2 rings (SSSR count). The summed E-state index contributed by atoms with van der Waals surface area (Å²) in [5, 5.41) is 10.2. The van der Waals surface area contributed by atoms with Crippen LogP contribution in [-0.2, 0) is 0 Å². The van der Waals surface area contributed by atoms with Gasteiger partial charge in [-0.15, -0.1) is 0 Å². The summed E-state index contributed by atoms with van der Waals surface area (Å²) in [6, 6.07) is 6.09. The van der Waals surface area contributed by atoms with E-state index in [-0.39, 0.29) is 17.9 Å². The van der Waals surface area contributed by atoms with Gasteiger partial charge in [0.05, 0.1) is 0 Å². The summed E-state index contributed by atoms with van der Waals surface area (Å²) in [5.41, 5.74) is -0.0639. The first-order valence-corrected chi connectivity index (χ1v) is 5.95. The lowest BCUT2D eigenvalue weighted by Gasteiger charge is -2.15. The van der Waals surface area contributed by atoms with Gasteiger partial charge in [0, 0.05) is 11.8 Å². The topological polar surface area (TPSA) is 42.4 Å². The minimum Gasteiger partial charge on any atom is -0.488 e. The second-order valence-corrected chi connectivity index (χ2v) is 4.05. The summed E-state index contributed by atoms with van der Waals surface area (Å²) in [4.78, 5) is 3.98. The Kier molecular flexibility index (Phi) is 4.42. The van der Waals surface area contributed by atoms with Crippen LogP contribution in [0.2, 0.25) is 0 Å². The Morgan fingerprint density at radius 2 is 2.15 bits per heavy atom. The van der Waals surface area contributed by atoms with Gasteiger partial charge in [-0.05, 0) is 30.3 Å². The lowest BCUT2D eigenvalue weighted by molar-refractivity contribution is 0.202. The van der Waals surface area contributed by atoms with Gasteiger partial charge in [-0.3, -0.25) is 4.98 Å². The minimum atomic E-state index is -1.41. The van der Waals surface area contributed by atoms with Crippen LogP contribution in [0, 0.1) is 11.6 Å².